The summed E-state index contributed by atoms with van der Waals surface area (Å²) in [4.78, 5) is 0. The molecule has 1 N–H and O–H groups in total. The molecule has 2 rings (SSSR count). The maximum atomic E-state index is 13.9. The number of rotatable bonds is 5. The van der Waals surface area contributed by atoms with Crippen molar-refractivity contribution in [2.24, 2.45) is 0 Å². The number of halogens is 4. The van der Waals surface area contributed by atoms with Gasteiger partial charge in [-0.05, 0) is 36.7 Å². The summed E-state index contributed by atoms with van der Waals surface area (Å²) >= 11 is 0. The molecule has 0 aliphatic carbocycles. The average molecular weight is 297 g/mol. The molecule has 2 aromatic carbocycles. The van der Waals surface area contributed by atoms with E-state index in [-0.39, 0.29) is 12.0 Å². The molecule has 0 saturated carbocycles. The van der Waals surface area contributed by atoms with Crippen LogP contribution >= 0.6 is 0 Å². The molecule has 0 radical (unpaired) electrons. The van der Waals surface area contributed by atoms with Gasteiger partial charge in [-0.1, -0.05) is 25.1 Å². The number of hydrogen-bond donors (Lipinski definition) is 1. The lowest BCUT2D eigenvalue weighted by atomic mass is 9.98. The maximum Gasteiger partial charge on any atom is 0.194 e. The molecule has 0 aromatic heterocycles. The van der Waals surface area contributed by atoms with Gasteiger partial charge in [0, 0.05) is 11.6 Å². The highest BCUT2D eigenvalue weighted by Crippen LogP contribution is 2.24. The normalized spacial score (nSPS) is 12.4. The van der Waals surface area contributed by atoms with Crippen LogP contribution in [-0.4, -0.2) is 6.54 Å². The van der Waals surface area contributed by atoms with Crippen molar-refractivity contribution >= 4 is 0 Å². The third kappa shape index (κ3) is 3.61. The molecule has 0 amide bonds. The van der Waals surface area contributed by atoms with E-state index >= 15 is 0 Å². The molecule has 0 aliphatic rings. The second kappa shape index (κ2) is 6.72. The summed E-state index contributed by atoms with van der Waals surface area (Å²) < 4.78 is 53.4. The van der Waals surface area contributed by atoms with Gasteiger partial charge < -0.3 is 5.32 Å². The first-order valence-electron chi connectivity index (χ1n) is 6.64. The predicted molar refractivity (Wildman–Crippen MR) is 72.8 cm³/mol. The fraction of sp³-hybridized carbons (Fsp3) is 0.250. The molecular weight excluding hydrogens is 282 g/mol. The van der Waals surface area contributed by atoms with Gasteiger partial charge in [0.05, 0.1) is 0 Å². The molecule has 0 bridgehead atoms. The zero-order chi connectivity index (χ0) is 15.4. The lowest BCUT2D eigenvalue weighted by Gasteiger charge is -2.19. The highest BCUT2D eigenvalue weighted by Gasteiger charge is 2.20. The number of likely N-dealkylation sites (N-methyl/N-ethyl adjacent to an activating group) is 1. The molecule has 0 saturated heterocycles. The first kappa shape index (κ1) is 15.5. The Bertz CT molecular complexity index is 628. The third-order valence-electron chi connectivity index (χ3n) is 3.22. The minimum absolute atomic E-state index is 0.0278. The van der Waals surface area contributed by atoms with Crippen LogP contribution in [0.2, 0.25) is 0 Å². The molecule has 0 fully saturated rings. The van der Waals surface area contributed by atoms with Gasteiger partial charge in [0.15, 0.2) is 17.5 Å². The van der Waals surface area contributed by atoms with Crippen molar-refractivity contribution in [2.75, 3.05) is 6.54 Å². The van der Waals surface area contributed by atoms with E-state index in [1.807, 2.05) is 6.92 Å². The predicted octanol–water partition coefficient (Wildman–Crippen LogP) is 4.14. The molecule has 0 heterocycles. The lowest BCUT2D eigenvalue weighted by Crippen LogP contribution is -2.24. The van der Waals surface area contributed by atoms with Crippen LogP contribution in [0.15, 0.2) is 36.4 Å². The number of benzene rings is 2. The van der Waals surface area contributed by atoms with Crippen molar-refractivity contribution < 1.29 is 17.6 Å². The van der Waals surface area contributed by atoms with Crippen LogP contribution < -0.4 is 5.32 Å². The fourth-order valence-corrected chi connectivity index (χ4v) is 2.25. The van der Waals surface area contributed by atoms with Gasteiger partial charge in [0.1, 0.15) is 5.82 Å². The monoisotopic (exact) mass is 297 g/mol. The molecule has 112 valence electrons. The quantitative estimate of drug-likeness (QED) is 0.646. The minimum atomic E-state index is -1.49. The zero-order valence-electron chi connectivity index (χ0n) is 11.5. The van der Waals surface area contributed by atoms with Gasteiger partial charge in [-0.15, -0.1) is 0 Å². The minimum Gasteiger partial charge on any atom is -0.310 e. The van der Waals surface area contributed by atoms with Crippen molar-refractivity contribution in [3.05, 3.63) is 70.8 Å². The standard InChI is InChI=1S/C16H15F4N/c1-2-21-14(9-10-4-3-5-11(17)8-10)12-6-7-13(18)16(20)15(12)19/h3-8,14,21H,2,9H2,1H3. The van der Waals surface area contributed by atoms with E-state index < -0.39 is 29.3 Å². The van der Waals surface area contributed by atoms with Crippen molar-refractivity contribution in [3.63, 3.8) is 0 Å². The van der Waals surface area contributed by atoms with Crippen molar-refractivity contribution in [1.82, 2.24) is 5.32 Å². The Morgan fingerprint density at radius 1 is 1.00 bits per heavy atom. The van der Waals surface area contributed by atoms with Crippen molar-refractivity contribution in [1.29, 1.82) is 0 Å². The van der Waals surface area contributed by atoms with Crippen LogP contribution in [0.25, 0.3) is 0 Å². The number of nitrogens with one attached hydrogen (secondary N) is 1. The Morgan fingerprint density at radius 2 is 1.76 bits per heavy atom. The van der Waals surface area contributed by atoms with E-state index in [9.17, 15) is 17.6 Å². The molecule has 21 heavy (non-hydrogen) atoms. The molecule has 0 aliphatic heterocycles. The first-order chi connectivity index (χ1) is 10.0. The van der Waals surface area contributed by atoms with E-state index in [4.69, 9.17) is 0 Å². The highest BCUT2D eigenvalue weighted by atomic mass is 19.2. The van der Waals surface area contributed by atoms with Crippen LogP contribution in [0, 0.1) is 23.3 Å². The summed E-state index contributed by atoms with van der Waals surface area (Å²) in [5, 5.41) is 3.00. The van der Waals surface area contributed by atoms with Gasteiger partial charge in [0.2, 0.25) is 0 Å². The van der Waals surface area contributed by atoms with E-state index in [1.165, 1.54) is 18.2 Å². The smallest absolute Gasteiger partial charge is 0.194 e. The summed E-state index contributed by atoms with van der Waals surface area (Å²) in [6, 6.07) is 7.43. The Hall–Kier alpha value is -1.88. The zero-order valence-corrected chi connectivity index (χ0v) is 11.5. The largest absolute Gasteiger partial charge is 0.310 e. The van der Waals surface area contributed by atoms with Crippen LogP contribution in [0.4, 0.5) is 17.6 Å². The molecule has 0 spiro atoms. The van der Waals surface area contributed by atoms with Gasteiger partial charge >= 0.3 is 0 Å². The first-order valence-corrected chi connectivity index (χ1v) is 6.64. The summed E-state index contributed by atoms with van der Waals surface area (Å²) in [7, 11) is 0. The summed E-state index contributed by atoms with van der Waals surface area (Å²) in [5.41, 5.74) is 0.671. The van der Waals surface area contributed by atoms with Gasteiger partial charge in [-0.2, -0.15) is 0 Å². The summed E-state index contributed by atoms with van der Waals surface area (Å²) in [5.74, 6) is -4.32. The Balaban J connectivity index is 2.33. The SMILES string of the molecule is CCNC(Cc1cccc(F)c1)c1ccc(F)c(F)c1F. The highest BCUT2D eigenvalue weighted by molar-refractivity contribution is 5.27. The molecule has 5 heteroatoms. The fourth-order valence-electron chi connectivity index (χ4n) is 2.25. The van der Waals surface area contributed by atoms with Crippen LogP contribution in [-0.2, 0) is 6.42 Å². The van der Waals surface area contributed by atoms with Crippen LogP contribution in [0.1, 0.15) is 24.1 Å². The number of hydrogen-bond acceptors (Lipinski definition) is 1. The van der Waals surface area contributed by atoms with E-state index in [0.717, 1.165) is 6.07 Å². The molecule has 1 unspecified atom stereocenters. The van der Waals surface area contributed by atoms with Gasteiger partial charge in [-0.25, -0.2) is 17.6 Å². The third-order valence-corrected chi connectivity index (χ3v) is 3.22. The molecule has 1 nitrogen and oxygen atoms in total. The second-order valence-electron chi connectivity index (χ2n) is 4.71. The maximum absolute atomic E-state index is 13.9. The molecular formula is C16H15F4N. The van der Waals surface area contributed by atoms with E-state index in [1.54, 1.807) is 12.1 Å². The van der Waals surface area contributed by atoms with Crippen molar-refractivity contribution in [2.45, 2.75) is 19.4 Å². The lowest BCUT2D eigenvalue weighted by molar-refractivity contribution is 0.425. The molecule has 2 aromatic rings. The van der Waals surface area contributed by atoms with E-state index in [0.29, 0.717) is 12.1 Å². The van der Waals surface area contributed by atoms with Gasteiger partial charge in [0.25, 0.3) is 0 Å². The van der Waals surface area contributed by atoms with Crippen LogP contribution in [0.5, 0.6) is 0 Å². The van der Waals surface area contributed by atoms with Crippen molar-refractivity contribution in [3.8, 4) is 0 Å². The summed E-state index contributed by atoms with van der Waals surface area (Å²) in [6.07, 6.45) is 0.271. The average Bonchev–Trinajstić information content (AvgIpc) is 2.45. The summed E-state index contributed by atoms with van der Waals surface area (Å²) in [6.45, 7) is 2.33. The second-order valence-corrected chi connectivity index (χ2v) is 4.71. The molecule has 1 atom stereocenters. The van der Waals surface area contributed by atoms with Gasteiger partial charge in [-0.3, -0.25) is 0 Å². The van der Waals surface area contributed by atoms with Crippen LogP contribution in [0.3, 0.4) is 0 Å². The Morgan fingerprint density at radius 3 is 2.43 bits per heavy atom. The Labute approximate surface area is 120 Å². The topological polar surface area (TPSA) is 12.0 Å². The Kier molecular flexibility index (Phi) is 4.96. The van der Waals surface area contributed by atoms with E-state index in [2.05, 4.69) is 5.32 Å².